The Bertz CT molecular complexity index is 2090. The molecule has 2 N–H and O–H groups in total. The number of amides is 2. The first-order valence-corrected chi connectivity index (χ1v) is 17.4. The van der Waals surface area contributed by atoms with Gasteiger partial charge < -0.3 is 10.6 Å². The summed E-state index contributed by atoms with van der Waals surface area (Å²) < 4.78 is 0. The standard InChI is InChI=1S/C22H25N3O.C18H17N3OS/c1-14(16-8-10-18(11-9-16)22(3,4)5)25-21(26)19-13-17-7-6-12-23-20(17)24-15(19)2;1-12-16(10-14-4-3-9-19-17(14)21-12)18(22)20-11-13-5-7-15(23-2)8-6-13/h6-14H,1-5H3,(H,25,26);3-10H,11H2,1-2H3,(H,20,22). The summed E-state index contributed by atoms with van der Waals surface area (Å²) in [7, 11) is 0. The SMILES string of the molecule is CSc1ccc(CNC(=O)c2cc3cccnc3nc2C)cc1.Cc1nc2ncccc2cc1C(=O)NC(C)c1ccc(C(C)(C)C)cc1. The van der Waals surface area contributed by atoms with Crippen molar-refractivity contribution in [2.24, 2.45) is 0 Å². The van der Waals surface area contributed by atoms with E-state index in [1.165, 1.54) is 10.5 Å². The van der Waals surface area contributed by atoms with Crippen LogP contribution in [0.25, 0.3) is 22.1 Å². The highest BCUT2D eigenvalue weighted by atomic mass is 32.2. The molecule has 0 bridgehead atoms. The van der Waals surface area contributed by atoms with Gasteiger partial charge in [-0.05, 0) is 97.7 Å². The molecule has 4 heterocycles. The first-order valence-electron chi connectivity index (χ1n) is 16.2. The Labute approximate surface area is 292 Å². The predicted molar refractivity (Wildman–Crippen MR) is 199 cm³/mol. The van der Waals surface area contributed by atoms with Crippen LogP contribution >= 0.6 is 11.8 Å². The summed E-state index contributed by atoms with van der Waals surface area (Å²) in [6.07, 6.45) is 5.45. The quantitative estimate of drug-likeness (QED) is 0.164. The third kappa shape index (κ3) is 8.86. The molecule has 0 fully saturated rings. The molecular weight excluding hydrogens is 629 g/mol. The van der Waals surface area contributed by atoms with Crippen LogP contribution in [0.15, 0.2) is 102 Å². The van der Waals surface area contributed by atoms with Crippen molar-refractivity contribution in [1.29, 1.82) is 0 Å². The lowest BCUT2D eigenvalue weighted by Crippen LogP contribution is -2.27. The number of nitrogens with one attached hydrogen (secondary N) is 2. The summed E-state index contributed by atoms with van der Waals surface area (Å²) in [4.78, 5) is 43.7. The molecule has 0 saturated heterocycles. The molecular formula is C40H42N6O2S. The van der Waals surface area contributed by atoms with Gasteiger partial charge in [-0.15, -0.1) is 11.8 Å². The second kappa shape index (κ2) is 15.4. The molecule has 0 saturated carbocycles. The number of hydrogen-bond donors (Lipinski definition) is 2. The van der Waals surface area contributed by atoms with Gasteiger partial charge in [0.2, 0.25) is 0 Å². The average molecular weight is 671 g/mol. The van der Waals surface area contributed by atoms with E-state index in [1.54, 1.807) is 24.2 Å². The van der Waals surface area contributed by atoms with Crippen molar-refractivity contribution in [3.05, 3.63) is 137 Å². The normalized spacial score (nSPS) is 11.8. The summed E-state index contributed by atoms with van der Waals surface area (Å²) in [5, 5.41) is 7.76. The van der Waals surface area contributed by atoms with E-state index in [9.17, 15) is 9.59 Å². The van der Waals surface area contributed by atoms with Crippen LogP contribution in [0.2, 0.25) is 0 Å². The fourth-order valence-electron chi connectivity index (χ4n) is 5.30. The number of carbonyl (C=O) groups is 2. The molecule has 0 spiro atoms. The maximum Gasteiger partial charge on any atom is 0.253 e. The molecule has 0 radical (unpaired) electrons. The summed E-state index contributed by atoms with van der Waals surface area (Å²) >= 11 is 1.70. The van der Waals surface area contributed by atoms with E-state index in [4.69, 9.17) is 0 Å². The molecule has 49 heavy (non-hydrogen) atoms. The minimum atomic E-state index is -0.117. The van der Waals surface area contributed by atoms with Gasteiger partial charge in [0.15, 0.2) is 11.3 Å². The number of aromatic nitrogens is 4. The Morgan fingerprint density at radius 3 is 1.80 bits per heavy atom. The number of carbonyl (C=O) groups excluding carboxylic acids is 2. The molecule has 250 valence electrons. The Morgan fingerprint density at radius 1 is 0.755 bits per heavy atom. The maximum absolute atomic E-state index is 12.7. The minimum Gasteiger partial charge on any atom is -0.348 e. The molecule has 0 aliphatic rings. The zero-order valence-electron chi connectivity index (χ0n) is 29.0. The number of hydrogen-bond acceptors (Lipinski definition) is 7. The number of rotatable bonds is 7. The van der Waals surface area contributed by atoms with Crippen molar-refractivity contribution >= 4 is 45.6 Å². The monoisotopic (exact) mass is 670 g/mol. The van der Waals surface area contributed by atoms with E-state index < -0.39 is 0 Å². The van der Waals surface area contributed by atoms with Gasteiger partial charge in [0, 0.05) is 34.6 Å². The van der Waals surface area contributed by atoms with Crippen LogP contribution in [-0.4, -0.2) is 38.0 Å². The highest BCUT2D eigenvalue weighted by Crippen LogP contribution is 2.24. The summed E-state index contributed by atoms with van der Waals surface area (Å²) in [6.45, 7) is 12.7. The lowest BCUT2D eigenvalue weighted by molar-refractivity contribution is 0.0934. The predicted octanol–water partition coefficient (Wildman–Crippen LogP) is 8.32. The molecule has 8 nitrogen and oxygen atoms in total. The average Bonchev–Trinajstić information content (AvgIpc) is 3.10. The van der Waals surface area contributed by atoms with Crippen LogP contribution in [0, 0.1) is 13.8 Å². The summed E-state index contributed by atoms with van der Waals surface area (Å²) in [5.74, 6) is -0.233. The highest BCUT2D eigenvalue weighted by molar-refractivity contribution is 7.98. The van der Waals surface area contributed by atoms with E-state index >= 15 is 0 Å². The molecule has 6 rings (SSSR count). The zero-order valence-corrected chi connectivity index (χ0v) is 29.9. The van der Waals surface area contributed by atoms with Gasteiger partial charge in [0.1, 0.15) is 0 Å². The summed E-state index contributed by atoms with van der Waals surface area (Å²) in [5.41, 5.74) is 7.42. The number of aryl methyl sites for hydroxylation is 2. The van der Waals surface area contributed by atoms with Gasteiger partial charge in [0.25, 0.3) is 11.8 Å². The van der Waals surface area contributed by atoms with Gasteiger partial charge in [-0.25, -0.2) is 19.9 Å². The van der Waals surface area contributed by atoms with Crippen LogP contribution < -0.4 is 10.6 Å². The molecule has 2 aromatic carbocycles. The number of fused-ring (bicyclic) bond motifs is 2. The largest absolute Gasteiger partial charge is 0.348 e. The Kier molecular flexibility index (Phi) is 11.0. The number of thioether (sulfide) groups is 1. The van der Waals surface area contributed by atoms with Crippen molar-refractivity contribution in [2.75, 3.05) is 6.26 Å². The number of nitrogens with zero attached hydrogens (tertiary/aromatic N) is 4. The Hall–Kier alpha value is -5.15. The second-order valence-corrected chi connectivity index (χ2v) is 13.8. The smallest absolute Gasteiger partial charge is 0.253 e. The highest BCUT2D eigenvalue weighted by Gasteiger charge is 2.18. The third-order valence-corrected chi connectivity index (χ3v) is 9.03. The Morgan fingerprint density at radius 2 is 1.29 bits per heavy atom. The van der Waals surface area contributed by atoms with Gasteiger partial charge in [-0.1, -0.05) is 57.2 Å². The van der Waals surface area contributed by atoms with Crippen LogP contribution in [0.4, 0.5) is 0 Å². The first-order chi connectivity index (χ1) is 23.4. The third-order valence-electron chi connectivity index (χ3n) is 8.29. The fraction of sp³-hybridized carbons (Fsp3) is 0.250. The second-order valence-electron chi connectivity index (χ2n) is 12.9. The first kappa shape index (κ1) is 35.2. The maximum atomic E-state index is 12.7. The Balaban J connectivity index is 0.000000192. The van der Waals surface area contributed by atoms with E-state index in [1.807, 2.05) is 75.6 Å². The van der Waals surface area contributed by atoms with E-state index in [2.05, 4.69) is 87.7 Å². The van der Waals surface area contributed by atoms with Crippen LogP contribution in [0.5, 0.6) is 0 Å². The number of pyridine rings is 4. The van der Waals surface area contributed by atoms with E-state index in [-0.39, 0.29) is 23.3 Å². The molecule has 6 aromatic rings. The molecule has 0 aliphatic carbocycles. The van der Waals surface area contributed by atoms with Gasteiger partial charge in [0.05, 0.1) is 28.6 Å². The molecule has 1 unspecified atom stereocenters. The van der Waals surface area contributed by atoms with Crippen LogP contribution in [-0.2, 0) is 12.0 Å². The van der Waals surface area contributed by atoms with E-state index in [0.29, 0.717) is 40.4 Å². The van der Waals surface area contributed by atoms with Gasteiger partial charge in [-0.3, -0.25) is 9.59 Å². The fourth-order valence-corrected chi connectivity index (χ4v) is 5.71. The van der Waals surface area contributed by atoms with Crippen molar-refractivity contribution < 1.29 is 9.59 Å². The molecule has 4 aromatic heterocycles. The van der Waals surface area contributed by atoms with Crippen molar-refractivity contribution in [2.45, 2.75) is 64.4 Å². The van der Waals surface area contributed by atoms with Crippen molar-refractivity contribution in [1.82, 2.24) is 30.6 Å². The van der Waals surface area contributed by atoms with Gasteiger partial charge in [-0.2, -0.15) is 0 Å². The van der Waals surface area contributed by atoms with Crippen molar-refractivity contribution in [3.63, 3.8) is 0 Å². The molecule has 9 heteroatoms. The topological polar surface area (TPSA) is 110 Å². The molecule has 0 aliphatic heterocycles. The van der Waals surface area contributed by atoms with Crippen LogP contribution in [0.1, 0.15) is 82.5 Å². The van der Waals surface area contributed by atoms with E-state index in [0.717, 1.165) is 21.9 Å². The lowest BCUT2D eigenvalue weighted by Gasteiger charge is -2.21. The van der Waals surface area contributed by atoms with Crippen LogP contribution in [0.3, 0.4) is 0 Å². The zero-order chi connectivity index (χ0) is 35.1. The molecule has 2 amide bonds. The van der Waals surface area contributed by atoms with Crippen molar-refractivity contribution in [3.8, 4) is 0 Å². The molecule has 1 atom stereocenters. The van der Waals surface area contributed by atoms with Gasteiger partial charge >= 0.3 is 0 Å². The summed E-state index contributed by atoms with van der Waals surface area (Å²) in [6, 6.07) is 27.7. The lowest BCUT2D eigenvalue weighted by atomic mass is 9.86. The minimum absolute atomic E-state index is 0.0829. The number of benzene rings is 2.